The van der Waals surface area contributed by atoms with E-state index >= 15 is 0 Å². The molecular weight excluding hydrogens is 1800 g/mol. The van der Waals surface area contributed by atoms with Gasteiger partial charge in [-0.1, -0.05) is 165 Å². The van der Waals surface area contributed by atoms with Crippen molar-refractivity contribution in [2.75, 3.05) is 62.1 Å². The number of esters is 4. The number of carbonyl (C=O) groups is 8. The highest BCUT2D eigenvalue weighted by Gasteiger charge is 2.24. The zero-order valence-electron chi connectivity index (χ0n) is 76.7. The summed E-state index contributed by atoms with van der Waals surface area (Å²) in [6, 6.07) is 87.7. The number of nitrogens with one attached hydrogen (secondary N) is 5. The van der Waals surface area contributed by atoms with Gasteiger partial charge in [0.25, 0.3) is 23.6 Å². The van der Waals surface area contributed by atoms with Crippen LogP contribution >= 0.6 is 15.9 Å². The molecule has 16 rings (SSSR count). The van der Waals surface area contributed by atoms with Gasteiger partial charge in [-0.25, -0.2) is 4.98 Å². The van der Waals surface area contributed by atoms with Gasteiger partial charge in [0.05, 0.1) is 80.8 Å². The lowest BCUT2D eigenvalue weighted by atomic mass is 10.0. The molecule has 26 nitrogen and oxygen atoms in total. The van der Waals surface area contributed by atoms with E-state index < -0.39 is 17.8 Å². The average molecular weight is 1900 g/mol. The van der Waals surface area contributed by atoms with E-state index in [9.17, 15) is 43.5 Å². The zero-order valence-corrected chi connectivity index (χ0v) is 78.3. The monoisotopic (exact) mass is 1900 g/mol. The van der Waals surface area contributed by atoms with Gasteiger partial charge in [0.15, 0.2) is 12.2 Å². The molecule has 0 unspecified atom stereocenters. The van der Waals surface area contributed by atoms with Crippen molar-refractivity contribution in [3.05, 3.63) is 336 Å². The summed E-state index contributed by atoms with van der Waals surface area (Å²) in [6.45, 7) is 8.10. The van der Waals surface area contributed by atoms with Gasteiger partial charge in [0.2, 0.25) is 0 Å². The van der Waals surface area contributed by atoms with Gasteiger partial charge in [-0.05, 0) is 225 Å². The van der Waals surface area contributed by atoms with Gasteiger partial charge in [-0.3, -0.25) is 38.4 Å². The minimum Gasteiger partial charge on any atom is -0.508 e. The number of aromatic nitrogens is 1. The molecule has 0 atom stereocenters. The van der Waals surface area contributed by atoms with Crippen molar-refractivity contribution >= 4 is 146 Å². The smallest absolute Gasteiger partial charge is 0.311 e. The number of anilines is 5. The molecule has 0 saturated carbocycles. The SMILES string of the molecule is CCCC(=O)Oc1cc2ccccc2cc1C(=O)Nc1ccc(-c2cnco2)c(OC)c1.CCCC(=O)Oc1cc2ccccc2cc1C(=O)Nc1ccc(C#N)c(OC)c1.CCCC(=O)Oc1cc2ccccc2cc1C(=O)Nc1ccc(OC)cc1.CCCC(=O)Oc1cc2ccccc2cc1C(=O)Nc1cccc(OC)c1.COc1ccccc1NCc1cc2cc(Br)ccc2cc1O. The maximum atomic E-state index is 13.2. The first kappa shape index (κ1) is 99.2. The first-order valence-electron chi connectivity index (χ1n) is 43.9. The van der Waals surface area contributed by atoms with Crippen LogP contribution in [-0.2, 0) is 25.7 Å². The highest BCUT2D eigenvalue weighted by Crippen LogP contribution is 2.38. The van der Waals surface area contributed by atoms with Gasteiger partial charge < -0.3 is 78.7 Å². The van der Waals surface area contributed by atoms with Gasteiger partial charge in [0, 0.05) is 83.2 Å². The second-order valence-corrected chi connectivity index (χ2v) is 31.7. The number of para-hydroxylation sites is 2. The number of rotatable bonds is 29. The van der Waals surface area contributed by atoms with Crippen molar-refractivity contribution in [2.45, 2.75) is 85.6 Å². The van der Waals surface area contributed by atoms with Crippen LogP contribution in [-0.4, -0.2) is 93.1 Å². The number of nitriles is 1. The number of fused-ring (bicyclic) bond motifs is 5. The third kappa shape index (κ3) is 27.2. The molecule has 6 N–H and O–H groups in total. The van der Waals surface area contributed by atoms with Crippen LogP contribution in [0, 0.1) is 11.3 Å². The molecule has 16 aromatic rings. The summed E-state index contributed by atoms with van der Waals surface area (Å²) in [5.74, 6) is 1.80. The van der Waals surface area contributed by atoms with Crippen LogP contribution in [0.4, 0.5) is 28.4 Å². The molecule has 0 radical (unpaired) electrons. The number of ether oxygens (including phenoxy) is 9. The van der Waals surface area contributed by atoms with E-state index in [1.807, 2.05) is 179 Å². The van der Waals surface area contributed by atoms with Crippen LogP contribution in [0.3, 0.4) is 0 Å². The molecule has 1 aromatic heterocycles. The quantitative estimate of drug-likeness (QED) is 0.0187. The number of methoxy groups -OCH3 is 5. The van der Waals surface area contributed by atoms with E-state index in [1.165, 1.54) is 20.6 Å². The van der Waals surface area contributed by atoms with Crippen LogP contribution in [0.1, 0.15) is 132 Å². The molecule has 4 amide bonds. The Labute approximate surface area is 799 Å². The first-order valence-corrected chi connectivity index (χ1v) is 44.7. The summed E-state index contributed by atoms with van der Waals surface area (Å²) in [5.41, 5.74) is 6.17. The van der Waals surface area contributed by atoms with Crippen LogP contribution in [0.2, 0.25) is 0 Å². The van der Waals surface area contributed by atoms with Crippen molar-refractivity contribution in [3.8, 4) is 74.9 Å². The topological polar surface area (TPSA) is 350 Å². The Morgan fingerprint density at radius 2 is 0.745 bits per heavy atom. The fourth-order valence-electron chi connectivity index (χ4n) is 14.2. The lowest BCUT2D eigenvalue weighted by Gasteiger charge is -2.13. The number of hydrogen-bond acceptors (Lipinski definition) is 22. The predicted molar refractivity (Wildman–Crippen MR) is 536 cm³/mol. The Morgan fingerprint density at radius 1 is 0.358 bits per heavy atom. The first-order chi connectivity index (χ1) is 66.5. The summed E-state index contributed by atoms with van der Waals surface area (Å²) in [5, 5.41) is 43.1. The molecule has 15 aromatic carbocycles. The van der Waals surface area contributed by atoms with Gasteiger partial charge in [-0.15, -0.1) is 0 Å². The Kier molecular flexibility index (Phi) is 35.5. The number of amides is 4. The molecule has 0 fully saturated rings. The van der Waals surface area contributed by atoms with Crippen molar-refractivity contribution in [1.82, 2.24) is 4.98 Å². The van der Waals surface area contributed by atoms with E-state index in [0.29, 0.717) is 119 Å². The summed E-state index contributed by atoms with van der Waals surface area (Å²) < 4.78 is 54.5. The summed E-state index contributed by atoms with van der Waals surface area (Å²) in [7, 11) is 7.78. The van der Waals surface area contributed by atoms with Crippen molar-refractivity contribution in [2.24, 2.45) is 0 Å². The second kappa shape index (κ2) is 49.0. The number of aromatic hydroxyl groups is 1. The molecule has 27 heteroatoms. The standard InChI is InChI=1S/C25H22N2O5.C23H20N2O4.2C22H21NO4.C18H16BrNO2/c1-3-6-24(28)32-22-12-17-8-5-4-7-16(17)11-20(22)25(29)27-18-9-10-19(21(13-18)30-2)23-14-26-15-31-23;1-3-6-22(26)29-21-12-16-8-5-4-7-15(16)11-19(21)23(27)25-18-10-9-17(14-24)20(13-18)28-2;1-3-7-21(24)27-20-13-16-9-5-4-8-15(16)12-19(20)22(25)23-17-10-6-11-18(14-17)26-2;1-3-6-21(24)27-20-14-16-8-5-4-7-15(16)13-19(20)22(25)23-17-9-11-18(26-2)12-10-17;1-22-18-5-3-2-4-16(18)20-11-14-8-13-9-15(19)7-6-12(13)10-17(14)21/h4-5,7-15H,3,6H2,1-2H3,(H,27,29);4-5,7-13H,3,6H2,1-2H3,(H,25,27);4-6,8-14H,3,7H2,1-2H3,(H,23,25);4-5,7-14H,3,6H2,1-2H3,(H,23,25);2-10,20-21H,11H2,1H3. The molecule has 0 spiro atoms. The number of hydrogen-bond donors (Lipinski definition) is 6. The van der Waals surface area contributed by atoms with Crippen molar-refractivity contribution in [1.29, 1.82) is 5.26 Å². The third-order valence-electron chi connectivity index (χ3n) is 21.1. The van der Waals surface area contributed by atoms with Crippen LogP contribution in [0.15, 0.2) is 307 Å². The summed E-state index contributed by atoms with van der Waals surface area (Å²) >= 11 is 3.48. The fraction of sp³-hybridized carbons (Fsp3) is 0.164. The number of carbonyl (C=O) groups excluding carboxylic acids is 8. The number of nitrogens with zero attached hydrogens (tertiary/aromatic N) is 2. The Balaban J connectivity index is 0.000000154. The number of phenolic OH excluding ortho intramolecular Hbond substituents is 1. The van der Waals surface area contributed by atoms with E-state index in [2.05, 4.69) is 47.5 Å². The predicted octanol–water partition coefficient (Wildman–Crippen LogP) is 24.7. The number of benzene rings is 15. The summed E-state index contributed by atoms with van der Waals surface area (Å²) in [6.07, 6.45) is 6.72. The molecule has 1 heterocycles. The minimum absolute atomic E-state index is 0.209. The maximum Gasteiger partial charge on any atom is 0.311 e. The number of oxazole rings is 1. The number of halogens is 1. The van der Waals surface area contributed by atoms with Crippen LogP contribution in [0.5, 0.6) is 57.5 Å². The number of phenols is 1. The minimum atomic E-state index is -0.429. The van der Waals surface area contributed by atoms with Gasteiger partial charge in [0.1, 0.15) is 63.6 Å². The van der Waals surface area contributed by atoms with Crippen LogP contribution in [0.25, 0.3) is 65.2 Å². The summed E-state index contributed by atoms with van der Waals surface area (Å²) in [4.78, 5) is 104. The highest BCUT2D eigenvalue weighted by atomic mass is 79.9. The van der Waals surface area contributed by atoms with Crippen molar-refractivity contribution in [3.63, 3.8) is 0 Å². The Hall–Kier alpha value is -16.9. The lowest BCUT2D eigenvalue weighted by molar-refractivity contribution is -0.135. The van der Waals surface area contributed by atoms with E-state index in [1.54, 1.807) is 167 Å². The van der Waals surface area contributed by atoms with Crippen molar-refractivity contribution < 1.29 is 90.5 Å². The largest absolute Gasteiger partial charge is 0.508 e. The molecule has 0 aliphatic heterocycles. The zero-order chi connectivity index (χ0) is 97.3. The lowest BCUT2D eigenvalue weighted by Crippen LogP contribution is -2.16. The average Bonchev–Trinajstić information content (AvgIpc) is 1.10. The highest BCUT2D eigenvalue weighted by molar-refractivity contribution is 9.10. The molecule has 696 valence electrons. The maximum absolute atomic E-state index is 13.2. The molecule has 137 heavy (non-hydrogen) atoms. The van der Waals surface area contributed by atoms with E-state index in [4.69, 9.17) is 52.3 Å². The van der Waals surface area contributed by atoms with E-state index in [-0.39, 0.29) is 82.4 Å². The normalized spacial score (nSPS) is 10.5. The molecule has 0 aliphatic rings. The van der Waals surface area contributed by atoms with Gasteiger partial charge >= 0.3 is 23.9 Å². The van der Waals surface area contributed by atoms with E-state index in [0.717, 1.165) is 75.3 Å². The van der Waals surface area contributed by atoms with Crippen LogP contribution < -0.4 is 69.2 Å². The Morgan fingerprint density at radius 3 is 1.15 bits per heavy atom. The molecule has 0 saturated heterocycles. The third-order valence-corrected chi connectivity index (χ3v) is 21.6. The Bertz CT molecular complexity index is 7080. The molecule has 0 bridgehead atoms. The van der Waals surface area contributed by atoms with Gasteiger partial charge in [-0.2, -0.15) is 5.26 Å². The fourth-order valence-corrected chi connectivity index (χ4v) is 14.6. The second-order valence-electron chi connectivity index (χ2n) is 30.8. The molecular formula is C110H100BrN7O19. The molecule has 0 aliphatic carbocycles.